The Kier molecular flexibility index (Phi) is 5.33. The highest BCUT2D eigenvalue weighted by molar-refractivity contribution is 5.86. The Morgan fingerprint density at radius 3 is 2.46 bits per heavy atom. The molecular weight excluding hydrogens is 306 g/mol. The molecule has 1 atom stereocenters. The Morgan fingerprint density at radius 2 is 1.79 bits per heavy atom. The Labute approximate surface area is 142 Å². The number of rotatable bonds is 2. The summed E-state index contributed by atoms with van der Waals surface area (Å²) in [5, 5.41) is 0. The smallest absolute Gasteiger partial charge is 0.410 e. The van der Waals surface area contributed by atoms with Crippen molar-refractivity contribution in [2.45, 2.75) is 44.1 Å². The standard InChI is InChI=1S/C18H25N3O3/c1-24-18(23)21-11-3-2-4-16(21)17(22)20-12-7-15(8-13-20)14-5-9-19-10-6-14/h5-6,9-10,15-16H,2-4,7-8,11-13H2,1H3/t16-/m1/s1. The Balaban J connectivity index is 1.61. The quantitative estimate of drug-likeness (QED) is 0.835. The highest BCUT2D eigenvalue weighted by Crippen LogP contribution is 2.29. The monoisotopic (exact) mass is 331 g/mol. The van der Waals surface area contributed by atoms with Crippen molar-refractivity contribution in [1.29, 1.82) is 0 Å². The average Bonchev–Trinajstić information content (AvgIpc) is 2.67. The van der Waals surface area contributed by atoms with E-state index in [-0.39, 0.29) is 18.0 Å². The Bertz CT molecular complexity index is 570. The SMILES string of the molecule is COC(=O)N1CCCC[C@@H]1C(=O)N1CCC(c2ccncc2)CC1. The molecule has 0 bridgehead atoms. The molecule has 1 aromatic rings. The maximum Gasteiger partial charge on any atom is 0.410 e. The first-order chi connectivity index (χ1) is 11.7. The van der Waals surface area contributed by atoms with Crippen LogP contribution < -0.4 is 0 Å². The molecule has 0 saturated carbocycles. The molecule has 24 heavy (non-hydrogen) atoms. The molecule has 0 N–H and O–H groups in total. The fourth-order valence-electron chi connectivity index (χ4n) is 3.80. The lowest BCUT2D eigenvalue weighted by molar-refractivity contribution is -0.138. The molecule has 0 unspecified atom stereocenters. The van der Waals surface area contributed by atoms with Gasteiger partial charge in [0.05, 0.1) is 7.11 Å². The molecular formula is C18H25N3O3. The number of nitrogens with zero attached hydrogens (tertiary/aromatic N) is 3. The maximum atomic E-state index is 12.9. The van der Waals surface area contributed by atoms with Crippen LogP contribution in [0, 0.1) is 0 Å². The molecule has 2 aliphatic rings. The summed E-state index contributed by atoms with van der Waals surface area (Å²) >= 11 is 0. The van der Waals surface area contributed by atoms with E-state index in [0.717, 1.165) is 45.2 Å². The zero-order chi connectivity index (χ0) is 16.9. The summed E-state index contributed by atoms with van der Waals surface area (Å²) in [6.45, 7) is 2.10. The molecule has 0 spiro atoms. The van der Waals surface area contributed by atoms with Crippen molar-refractivity contribution in [3.8, 4) is 0 Å². The van der Waals surface area contributed by atoms with Gasteiger partial charge in [-0.05, 0) is 55.7 Å². The zero-order valence-electron chi connectivity index (χ0n) is 14.2. The van der Waals surface area contributed by atoms with Crippen LogP contribution in [0.5, 0.6) is 0 Å². The summed E-state index contributed by atoms with van der Waals surface area (Å²) < 4.78 is 4.84. The normalized spacial score (nSPS) is 22.3. The number of carbonyl (C=O) groups excluding carboxylic acids is 2. The Morgan fingerprint density at radius 1 is 1.08 bits per heavy atom. The highest BCUT2D eigenvalue weighted by Gasteiger charge is 2.36. The molecule has 6 nitrogen and oxygen atoms in total. The number of pyridine rings is 1. The van der Waals surface area contributed by atoms with Crippen LogP contribution in [0.1, 0.15) is 43.6 Å². The minimum atomic E-state index is -0.389. The van der Waals surface area contributed by atoms with Crippen LogP contribution in [0.15, 0.2) is 24.5 Å². The number of hydrogen-bond acceptors (Lipinski definition) is 4. The van der Waals surface area contributed by atoms with Gasteiger partial charge in [-0.25, -0.2) is 4.79 Å². The summed E-state index contributed by atoms with van der Waals surface area (Å²) in [6.07, 6.45) is 7.83. The van der Waals surface area contributed by atoms with E-state index in [1.165, 1.54) is 12.7 Å². The van der Waals surface area contributed by atoms with Gasteiger partial charge in [-0.3, -0.25) is 14.7 Å². The summed E-state index contributed by atoms with van der Waals surface area (Å²) in [7, 11) is 1.37. The van der Waals surface area contributed by atoms with Crippen LogP contribution >= 0.6 is 0 Å². The van der Waals surface area contributed by atoms with Crippen molar-refractivity contribution in [3.05, 3.63) is 30.1 Å². The van der Waals surface area contributed by atoms with Crippen LogP contribution in [-0.2, 0) is 9.53 Å². The fourth-order valence-corrected chi connectivity index (χ4v) is 3.80. The Hall–Kier alpha value is -2.11. The molecule has 2 aliphatic heterocycles. The summed E-state index contributed by atoms with van der Waals surface area (Å²) in [4.78, 5) is 32.4. The molecule has 3 heterocycles. The van der Waals surface area contributed by atoms with Crippen molar-refractivity contribution in [2.24, 2.45) is 0 Å². The first-order valence-corrected chi connectivity index (χ1v) is 8.74. The first-order valence-electron chi connectivity index (χ1n) is 8.74. The number of methoxy groups -OCH3 is 1. The zero-order valence-corrected chi connectivity index (χ0v) is 14.2. The number of piperidine rings is 2. The second-order valence-corrected chi connectivity index (χ2v) is 6.56. The van der Waals surface area contributed by atoms with Gasteiger partial charge in [-0.2, -0.15) is 0 Å². The van der Waals surface area contributed by atoms with Crippen molar-refractivity contribution < 1.29 is 14.3 Å². The first kappa shape index (κ1) is 16.7. The predicted molar refractivity (Wildman–Crippen MR) is 89.5 cm³/mol. The lowest BCUT2D eigenvalue weighted by Gasteiger charge is -2.39. The van der Waals surface area contributed by atoms with Crippen molar-refractivity contribution in [1.82, 2.24) is 14.8 Å². The number of likely N-dealkylation sites (tertiary alicyclic amines) is 2. The van der Waals surface area contributed by atoms with E-state index in [1.54, 1.807) is 4.90 Å². The van der Waals surface area contributed by atoms with Gasteiger partial charge in [0, 0.05) is 32.0 Å². The number of amides is 2. The topological polar surface area (TPSA) is 62.7 Å². The van der Waals surface area contributed by atoms with Crippen LogP contribution in [-0.4, -0.2) is 59.6 Å². The molecule has 2 saturated heterocycles. The second kappa shape index (κ2) is 7.64. The van der Waals surface area contributed by atoms with Crippen LogP contribution in [0.25, 0.3) is 0 Å². The number of hydrogen-bond donors (Lipinski definition) is 0. The van der Waals surface area contributed by atoms with Gasteiger partial charge in [0.25, 0.3) is 0 Å². The lowest BCUT2D eigenvalue weighted by atomic mass is 9.89. The van der Waals surface area contributed by atoms with Gasteiger partial charge >= 0.3 is 6.09 Å². The van der Waals surface area contributed by atoms with Crippen LogP contribution in [0.2, 0.25) is 0 Å². The van der Waals surface area contributed by atoms with Crippen molar-refractivity contribution >= 4 is 12.0 Å². The van der Waals surface area contributed by atoms with Gasteiger partial charge in [0.2, 0.25) is 5.91 Å². The molecule has 3 rings (SSSR count). The molecule has 6 heteroatoms. The van der Waals surface area contributed by atoms with Gasteiger partial charge in [-0.1, -0.05) is 0 Å². The van der Waals surface area contributed by atoms with E-state index in [2.05, 4.69) is 17.1 Å². The van der Waals surface area contributed by atoms with E-state index in [4.69, 9.17) is 4.74 Å². The summed E-state index contributed by atoms with van der Waals surface area (Å²) in [5.41, 5.74) is 1.30. The van der Waals surface area contributed by atoms with Crippen molar-refractivity contribution in [3.63, 3.8) is 0 Å². The minimum absolute atomic E-state index is 0.0771. The molecule has 0 radical (unpaired) electrons. The van der Waals surface area contributed by atoms with Crippen LogP contribution in [0.3, 0.4) is 0 Å². The summed E-state index contributed by atoms with van der Waals surface area (Å²) in [5.74, 6) is 0.563. The highest BCUT2D eigenvalue weighted by atomic mass is 16.5. The van der Waals surface area contributed by atoms with Gasteiger partial charge in [0.1, 0.15) is 6.04 Å². The average molecular weight is 331 g/mol. The molecule has 130 valence electrons. The molecule has 2 amide bonds. The number of carbonyl (C=O) groups is 2. The number of ether oxygens (including phenoxy) is 1. The van der Waals surface area contributed by atoms with E-state index in [0.29, 0.717) is 12.5 Å². The van der Waals surface area contributed by atoms with E-state index in [9.17, 15) is 9.59 Å². The van der Waals surface area contributed by atoms with Crippen LogP contribution in [0.4, 0.5) is 4.79 Å². The predicted octanol–water partition coefficient (Wildman–Crippen LogP) is 2.41. The maximum absolute atomic E-state index is 12.9. The second-order valence-electron chi connectivity index (χ2n) is 6.56. The molecule has 1 aromatic heterocycles. The number of aromatic nitrogens is 1. The van der Waals surface area contributed by atoms with Gasteiger partial charge < -0.3 is 9.64 Å². The van der Waals surface area contributed by atoms with Gasteiger partial charge in [0.15, 0.2) is 0 Å². The van der Waals surface area contributed by atoms with E-state index >= 15 is 0 Å². The minimum Gasteiger partial charge on any atom is -0.453 e. The van der Waals surface area contributed by atoms with E-state index in [1.807, 2.05) is 17.3 Å². The van der Waals surface area contributed by atoms with Crippen molar-refractivity contribution in [2.75, 3.05) is 26.7 Å². The lowest BCUT2D eigenvalue weighted by Crippen LogP contribution is -2.54. The largest absolute Gasteiger partial charge is 0.453 e. The third-order valence-electron chi connectivity index (χ3n) is 5.18. The molecule has 0 aromatic carbocycles. The van der Waals surface area contributed by atoms with E-state index < -0.39 is 0 Å². The molecule has 2 fully saturated rings. The summed E-state index contributed by atoms with van der Waals surface area (Å²) in [6, 6.07) is 3.76. The van der Waals surface area contributed by atoms with Gasteiger partial charge in [-0.15, -0.1) is 0 Å². The third kappa shape index (κ3) is 3.52. The third-order valence-corrected chi connectivity index (χ3v) is 5.18. The fraction of sp³-hybridized carbons (Fsp3) is 0.611. The molecule has 0 aliphatic carbocycles.